The molecule has 0 saturated heterocycles. The van der Waals surface area contributed by atoms with Gasteiger partial charge in [-0.3, -0.25) is 4.79 Å². The smallest absolute Gasteiger partial charge is 0.162 e. The van der Waals surface area contributed by atoms with E-state index < -0.39 is 0 Å². The molecule has 3 nitrogen and oxygen atoms in total. The summed E-state index contributed by atoms with van der Waals surface area (Å²) >= 11 is 0. The van der Waals surface area contributed by atoms with Crippen molar-refractivity contribution in [2.75, 3.05) is 0 Å². The van der Waals surface area contributed by atoms with E-state index in [-0.39, 0.29) is 5.78 Å². The van der Waals surface area contributed by atoms with Crippen LogP contribution >= 0.6 is 0 Å². The van der Waals surface area contributed by atoms with Crippen molar-refractivity contribution in [3.05, 3.63) is 36.2 Å². The summed E-state index contributed by atoms with van der Waals surface area (Å²) in [5.41, 5.74) is 2.46. The van der Waals surface area contributed by atoms with Crippen LogP contribution in [0.3, 0.4) is 0 Å². The Bertz CT molecular complexity index is 552. The molecule has 0 spiro atoms. The molecule has 0 saturated carbocycles. The van der Waals surface area contributed by atoms with Gasteiger partial charge in [0.1, 0.15) is 5.65 Å². The highest BCUT2D eigenvalue weighted by Crippen LogP contribution is 2.20. The number of hydrogen-bond donors (Lipinski definition) is 0. The first-order valence-corrected chi connectivity index (χ1v) is 4.72. The molecule has 0 atom stereocenters. The highest BCUT2D eigenvalue weighted by Gasteiger charge is 2.11. The average Bonchev–Trinajstić information content (AvgIpc) is 2.56. The molecule has 0 aliphatic carbocycles. The van der Waals surface area contributed by atoms with Crippen LogP contribution in [0.15, 0.2) is 25.0 Å². The molecular weight excluding hydrogens is 188 g/mol. The maximum absolute atomic E-state index is 11.4. The number of hydrogen-bond acceptors (Lipinski definition) is 2. The summed E-state index contributed by atoms with van der Waals surface area (Å²) < 4.78 is 1.86. The minimum absolute atomic E-state index is 0.0589. The fraction of sp³-hybridized carbons (Fsp3) is 0.167. The lowest BCUT2D eigenvalue weighted by Crippen LogP contribution is -1.89. The molecule has 0 bridgehead atoms. The van der Waals surface area contributed by atoms with Gasteiger partial charge in [-0.15, -0.1) is 0 Å². The summed E-state index contributed by atoms with van der Waals surface area (Å²) in [6.07, 6.45) is 5.29. The predicted octanol–water partition coefficient (Wildman–Crippen LogP) is 2.42. The van der Waals surface area contributed by atoms with Crippen LogP contribution in [-0.4, -0.2) is 15.3 Å². The molecule has 0 N–H and O–H groups in total. The lowest BCUT2D eigenvalue weighted by Gasteiger charge is -1.96. The average molecular weight is 200 g/mol. The van der Waals surface area contributed by atoms with Crippen LogP contribution in [0.5, 0.6) is 0 Å². The summed E-state index contributed by atoms with van der Waals surface area (Å²) in [7, 11) is 1.88. The van der Waals surface area contributed by atoms with Gasteiger partial charge in [-0.1, -0.05) is 12.7 Å². The predicted molar refractivity (Wildman–Crippen MR) is 60.8 cm³/mol. The van der Waals surface area contributed by atoms with E-state index >= 15 is 0 Å². The summed E-state index contributed by atoms with van der Waals surface area (Å²) in [4.78, 5) is 15.7. The Morgan fingerprint density at radius 3 is 2.93 bits per heavy atom. The van der Waals surface area contributed by atoms with Crippen LogP contribution in [0.4, 0.5) is 0 Å². The van der Waals surface area contributed by atoms with Crippen molar-refractivity contribution in [3.8, 4) is 0 Å². The standard InChI is InChI=1S/C12H12N2O/c1-4-9-5-10-11(8(2)15)7-14(3)12(10)13-6-9/h4-7H,1H2,2-3H3. The second-order valence-corrected chi connectivity index (χ2v) is 3.55. The van der Waals surface area contributed by atoms with Crippen molar-refractivity contribution in [2.24, 2.45) is 7.05 Å². The number of Topliss-reactive ketones (excluding diaryl/α,β-unsaturated/α-hetero) is 1. The van der Waals surface area contributed by atoms with Crippen molar-refractivity contribution >= 4 is 22.9 Å². The number of pyridine rings is 1. The van der Waals surface area contributed by atoms with Crippen LogP contribution in [0, 0.1) is 0 Å². The van der Waals surface area contributed by atoms with E-state index in [1.807, 2.05) is 23.9 Å². The maximum atomic E-state index is 11.4. The first kappa shape index (κ1) is 9.65. The molecule has 2 aromatic heterocycles. The third-order valence-electron chi connectivity index (χ3n) is 2.45. The van der Waals surface area contributed by atoms with Gasteiger partial charge < -0.3 is 4.57 Å². The van der Waals surface area contributed by atoms with Crippen LogP contribution in [0.2, 0.25) is 0 Å². The molecule has 0 radical (unpaired) electrons. The van der Waals surface area contributed by atoms with Gasteiger partial charge in [0.15, 0.2) is 5.78 Å². The van der Waals surface area contributed by atoms with E-state index in [2.05, 4.69) is 11.6 Å². The zero-order chi connectivity index (χ0) is 11.0. The summed E-state index contributed by atoms with van der Waals surface area (Å²) in [5.74, 6) is 0.0589. The van der Waals surface area contributed by atoms with Gasteiger partial charge in [-0.05, 0) is 18.6 Å². The Balaban J connectivity index is 2.82. The summed E-state index contributed by atoms with van der Waals surface area (Å²) in [6, 6.07) is 1.94. The molecule has 0 aromatic carbocycles. The molecule has 0 amide bonds. The molecule has 76 valence electrons. The second-order valence-electron chi connectivity index (χ2n) is 3.55. The maximum Gasteiger partial charge on any atom is 0.162 e. The topological polar surface area (TPSA) is 34.9 Å². The Kier molecular flexibility index (Phi) is 2.15. The van der Waals surface area contributed by atoms with Crippen LogP contribution in [0.1, 0.15) is 22.8 Å². The second kappa shape index (κ2) is 3.35. The normalized spacial score (nSPS) is 10.5. The Labute approximate surface area is 88.0 Å². The molecule has 2 rings (SSSR count). The minimum Gasteiger partial charge on any atom is -0.335 e. The number of carbonyl (C=O) groups excluding carboxylic acids is 1. The molecule has 0 aliphatic heterocycles. The molecular formula is C12H12N2O. The van der Waals surface area contributed by atoms with E-state index in [1.54, 1.807) is 19.2 Å². The largest absolute Gasteiger partial charge is 0.335 e. The van der Waals surface area contributed by atoms with Crippen LogP contribution in [0.25, 0.3) is 17.1 Å². The molecule has 0 fully saturated rings. The highest BCUT2D eigenvalue weighted by atomic mass is 16.1. The van der Waals surface area contributed by atoms with Crippen molar-refractivity contribution < 1.29 is 4.79 Å². The number of fused-ring (bicyclic) bond motifs is 1. The zero-order valence-corrected chi connectivity index (χ0v) is 8.82. The first-order chi connectivity index (χ1) is 7.13. The zero-order valence-electron chi connectivity index (χ0n) is 8.82. The highest BCUT2D eigenvalue weighted by molar-refractivity contribution is 6.06. The number of rotatable bonds is 2. The molecule has 3 heteroatoms. The third kappa shape index (κ3) is 1.46. The van der Waals surface area contributed by atoms with Gasteiger partial charge in [0.25, 0.3) is 0 Å². The molecule has 2 heterocycles. The SMILES string of the molecule is C=Cc1cnc2c(c1)c(C(C)=O)cn2C. The number of nitrogens with zero attached hydrogens (tertiary/aromatic N) is 2. The van der Waals surface area contributed by atoms with Gasteiger partial charge in [0, 0.05) is 30.4 Å². The van der Waals surface area contributed by atoms with Gasteiger partial charge in [0.05, 0.1) is 0 Å². The molecule has 0 unspecified atom stereocenters. The van der Waals surface area contributed by atoms with Crippen molar-refractivity contribution in [3.63, 3.8) is 0 Å². The van der Waals surface area contributed by atoms with E-state index in [0.29, 0.717) is 5.56 Å². The van der Waals surface area contributed by atoms with Gasteiger partial charge in [0.2, 0.25) is 0 Å². The van der Waals surface area contributed by atoms with Gasteiger partial charge >= 0.3 is 0 Å². The van der Waals surface area contributed by atoms with Crippen molar-refractivity contribution in [2.45, 2.75) is 6.92 Å². The molecule has 0 aliphatic rings. The number of carbonyl (C=O) groups is 1. The summed E-state index contributed by atoms with van der Waals surface area (Å²) in [6.45, 7) is 5.25. The third-order valence-corrected chi connectivity index (χ3v) is 2.45. The molecule has 15 heavy (non-hydrogen) atoms. The van der Waals surface area contributed by atoms with Gasteiger partial charge in [-0.25, -0.2) is 4.98 Å². The Morgan fingerprint density at radius 1 is 1.60 bits per heavy atom. The Morgan fingerprint density at radius 2 is 2.33 bits per heavy atom. The Hall–Kier alpha value is -1.90. The quantitative estimate of drug-likeness (QED) is 0.698. The number of ketones is 1. The van der Waals surface area contributed by atoms with Crippen LogP contribution in [-0.2, 0) is 7.05 Å². The lowest BCUT2D eigenvalue weighted by atomic mass is 10.1. The van der Waals surface area contributed by atoms with E-state index in [4.69, 9.17) is 0 Å². The lowest BCUT2D eigenvalue weighted by molar-refractivity contribution is 0.101. The summed E-state index contributed by atoms with van der Waals surface area (Å²) in [5, 5.41) is 0.891. The van der Waals surface area contributed by atoms with Crippen molar-refractivity contribution in [1.82, 2.24) is 9.55 Å². The van der Waals surface area contributed by atoms with E-state index in [9.17, 15) is 4.79 Å². The van der Waals surface area contributed by atoms with Crippen molar-refractivity contribution in [1.29, 1.82) is 0 Å². The fourth-order valence-corrected chi connectivity index (χ4v) is 1.67. The van der Waals surface area contributed by atoms with Crippen LogP contribution < -0.4 is 0 Å². The number of aryl methyl sites for hydroxylation is 1. The van der Waals surface area contributed by atoms with E-state index in [0.717, 1.165) is 16.6 Å². The monoisotopic (exact) mass is 200 g/mol. The first-order valence-electron chi connectivity index (χ1n) is 4.72. The van der Waals surface area contributed by atoms with E-state index in [1.165, 1.54) is 0 Å². The molecule has 2 aromatic rings. The fourth-order valence-electron chi connectivity index (χ4n) is 1.67. The van der Waals surface area contributed by atoms with Gasteiger partial charge in [-0.2, -0.15) is 0 Å². The minimum atomic E-state index is 0.0589. The number of aromatic nitrogens is 2.